The van der Waals surface area contributed by atoms with Crippen LogP contribution in [0.15, 0.2) is 17.5 Å². The lowest BCUT2D eigenvalue weighted by molar-refractivity contribution is 0.579. The standard InChI is InChI=1S/C13H19N3S/c1-9-12(11(3)16(4)15-9)8-14-10(2)13-6-5-7-17-13/h5-7,10,14H,8H2,1-4H3/t10-/m1/s1. The number of aryl methyl sites for hydroxylation is 2. The van der Waals surface area contributed by atoms with Crippen LogP contribution in [0.1, 0.15) is 34.8 Å². The van der Waals surface area contributed by atoms with E-state index in [2.05, 4.69) is 48.7 Å². The number of nitrogens with zero attached hydrogens (tertiary/aromatic N) is 2. The first-order valence-corrected chi connectivity index (χ1v) is 6.73. The van der Waals surface area contributed by atoms with Crippen molar-refractivity contribution in [2.45, 2.75) is 33.4 Å². The summed E-state index contributed by atoms with van der Waals surface area (Å²) in [7, 11) is 1.99. The molecule has 0 saturated heterocycles. The van der Waals surface area contributed by atoms with Crippen LogP contribution in [0.2, 0.25) is 0 Å². The summed E-state index contributed by atoms with van der Waals surface area (Å²) < 4.78 is 1.95. The van der Waals surface area contributed by atoms with Gasteiger partial charge in [0.1, 0.15) is 0 Å². The third kappa shape index (κ3) is 2.58. The van der Waals surface area contributed by atoms with Crippen molar-refractivity contribution in [1.82, 2.24) is 15.1 Å². The van der Waals surface area contributed by atoms with Crippen LogP contribution in [0, 0.1) is 13.8 Å². The number of hydrogen-bond donors (Lipinski definition) is 1. The molecule has 0 aliphatic carbocycles. The van der Waals surface area contributed by atoms with Crippen molar-refractivity contribution in [3.63, 3.8) is 0 Å². The van der Waals surface area contributed by atoms with Crippen LogP contribution < -0.4 is 5.32 Å². The van der Waals surface area contributed by atoms with Crippen molar-refractivity contribution < 1.29 is 0 Å². The molecule has 2 heterocycles. The zero-order chi connectivity index (χ0) is 12.4. The molecule has 0 aliphatic heterocycles. The highest BCUT2D eigenvalue weighted by molar-refractivity contribution is 7.10. The Hall–Kier alpha value is -1.13. The maximum absolute atomic E-state index is 4.43. The largest absolute Gasteiger partial charge is 0.305 e. The number of nitrogens with one attached hydrogen (secondary N) is 1. The molecule has 1 atom stereocenters. The zero-order valence-electron chi connectivity index (χ0n) is 10.8. The summed E-state index contributed by atoms with van der Waals surface area (Å²) in [6, 6.07) is 4.67. The van der Waals surface area contributed by atoms with Crippen molar-refractivity contribution in [3.05, 3.63) is 39.3 Å². The molecule has 0 spiro atoms. The fourth-order valence-corrected chi connectivity index (χ4v) is 2.73. The van der Waals surface area contributed by atoms with E-state index in [0.717, 1.165) is 12.2 Å². The van der Waals surface area contributed by atoms with Crippen molar-refractivity contribution in [1.29, 1.82) is 0 Å². The van der Waals surface area contributed by atoms with Gasteiger partial charge >= 0.3 is 0 Å². The fraction of sp³-hybridized carbons (Fsp3) is 0.462. The van der Waals surface area contributed by atoms with Crippen molar-refractivity contribution in [3.8, 4) is 0 Å². The SMILES string of the molecule is Cc1nn(C)c(C)c1CN[C@H](C)c1cccs1. The van der Waals surface area contributed by atoms with Crippen molar-refractivity contribution in [2.75, 3.05) is 0 Å². The van der Waals surface area contributed by atoms with Crippen LogP contribution in [0.25, 0.3) is 0 Å². The summed E-state index contributed by atoms with van der Waals surface area (Å²) in [5.41, 5.74) is 3.68. The molecular weight excluding hydrogens is 230 g/mol. The highest BCUT2D eigenvalue weighted by Crippen LogP contribution is 2.19. The molecule has 0 unspecified atom stereocenters. The molecule has 17 heavy (non-hydrogen) atoms. The number of thiophene rings is 1. The second-order valence-electron chi connectivity index (χ2n) is 4.39. The molecular formula is C13H19N3S. The molecule has 0 radical (unpaired) electrons. The van der Waals surface area contributed by atoms with Gasteiger partial charge in [-0.1, -0.05) is 6.07 Å². The first-order valence-electron chi connectivity index (χ1n) is 5.85. The van der Waals surface area contributed by atoms with E-state index in [-0.39, 0.29) is 0 Å². The Bertz CT molecular complexity index is 485. The minimum atomic E-state index is 0.397. The number of hydrogen-bond acceptors (Lipinski definition) is 3. The molecule has 0 amide bonds. The van der Waals surface area contributed by atoms with E-state index in [0.29, 0.717) is 6.04 Å². The topological polar surface area (TPSA) is 29.9 Å². The van der Waals surface area contributed by atoms with Gasteiger partial charge in [0.05, 0.1) is 5.69 Å². The molecule has 1 N–H and O–H groups in total. The molecule has 2 aromatic heterocycles. The van der Waals surface area contributed by atoms with Crippen LogP contribution in [0.4, 0.5) is 0 Å². The zero-order valence-corrected chi connectivity index (χ0v) is 11.6. The van der Waals surface area contributed by atoms with Crippen LogP contribution in [-0.4, -0.2) is 9.78 Å². The minimum Gasteiger partial charge on any atom is -0.305 e. The lowest BCUT2D eigenvalue weighted by Crippen LogP contribution is -2.18. The quantitative estimate of drug-likeness (QED) is 0.903. The highest BCUT2D eigenvalue weighted by atomic mass is 32.1. The monoisotopic (exact) mass is 249 g/mol. The van der Waals surface area contributed by atoms with Gasteiger partial charge in [-0.3, -0.25) is 4.68 Å². The van der Waals surface area contributed by atoms with E-state index in [1.165, 1.54) is 16.1 Å². The molecule has 0 fully saturated rings. The summed E-state index contributed by atoms with van der Waals surface area (Å²) in [5, 5.41) is 10.1. The van der Waals surface area contributed by atoms with E-state index in [9.17, 15) is 0 Å². The van der Waals surface area contributed by atoms with E-state index in [1.54, 1.807) is 11.3 Å². The molecule has 0 aliphatic rings. The van der Waals surface area contributed by atoms with E-state index in [4.69, 9.17) is 0 Å². The Morgan fingerprint density at radius 3 is 2.76 bits per heavy atom. The Labute approximate surface area is 106 Å². The molecule has 2 aromatic rings. The summed E-state index contributed by atoms with van der Waals surface area (Å²) in [6.07, 6.45) is 0. The normalized spacial score (nSPS) is 12.9. The average Bonchev–Trinajstić information content (AvgIpc) is 2.88. The first-order chi connectivity index (χ1) is 8.09. The van der Waals surface area contributed by atoms with Gasteiger partial charge in [0.25, 0.3) is 0 Å². The second-order valence-corrected chi connectivity index (χ2v) is 5.37. The van der Waals surface area contributed by atoms with Crippen LogP contribution in [0.3, 0.4) is 0 Å². The Kier molecular flexibility index (Phi) is 3.64. The van der Waals surface area contributed by atoms with Gasteiger partial charge in [-0.25, -0.2) is 0 Å². The summed E-state index contributed by atoms with van der Waals surface area (Å²) >= 11 is 1.80. The molecule has 0 bridgehead atoms. The van der Waals surface area contributed by atoms with Gasteiger partial charge in [0.2, 0.25) is 0 Å². The predicted octanol–water partition coefficient (Wildman–Crippen LogP) is 2.95. The predicted molar refractivity (Wildman–Crippen MR) is 72.3 cm³/mol. The third-order valence-corrected chi connectivity index (χ3v) is 4.27. The molecule has 0 saturated carbocycles. The van der Waals surface area contributed by atoms with Gasteiger partial charge in [0.15, 0.2) is 0 Å². The van der Waals surface area contributed by atoms with E-state index in [1.807, 2.05) is 11.7 Å². The van der Waals surface area contributed by atoms with Crippen LogP contribution >= 0.6 is 11.3 Å². The summed E-state index contributed by atoms with van der Waals surface area (Å²) in [4.78, 5) is 1.38. The Morgan fingerprint density at radius 2 is 2.24 bits per heavy atom. The average molecular weight is 249 g/mol. The molecule has 4 heteroatoms. The van der Waals surface area contributed by atoms with Crippen molar-refractivity contribution in [2.24, 2.45) is 7.05 Å². The maximum atomic E-state index is 4.43. The smallest absolute Gasteiger partial charge is 0.0641 e. The molecule has 92 valence electrons. The Morgan fingerprint density at radius 1 is 1.47 bits per heavy atom. The minimum absolute atomic E-state index is 0.397. The second kappa shape index (κ2) is 5.02. The van der Waals surface area contributed by atoms with E-state index < -0.39 is 0 Å². The van der Waals surface area contributed by atoms with Gasteiger partial charge in [-0.05, 0) is 32.2 Å². The Balaban J connectivity index is 2.03. The van der Waals surface area contributed by atoms with Gasteiger partial charge in [-0.15, -0.1) is 11.3 Å². The van der Waals surface area contributed by atoms with Crippen LogP contribution in [-0.2, 0) is 13.6 Å². The first kappa shape index (κ1) is 12.3. The fourth-order valence-electron chi connectivity index (χ4n) is 1.97. The number of rotatable bonds is 4. The summed E-state index contributed by atoms with van der Waals surface area (Å²) in [5.74, 6) is 0. The van der Waals surface area contributed by atoms with E-state index >= 15 is 0 Å². The molecule has 2 rings (SSSR count). The highest BCUT2D eigenvalue weighted by Gasteiger charge is 2.11. The van der Waals surface area contributed by atoms with Crippen LogP contribution in [0.5, 0.6) is 0 Å². The third-order valence-electron chi connectivity index (χ3n) is 3.21. The maximum Gasteiger partial charge on any atom is 0.0641 e. The lowest BCUT2D eigenvalue weighted by Gasteiger charge is -2.12. The van der Waals surface area contributed by atoms with Gasteiger partial charge < -0.3 is 5.32 Å². The molecule has 3 nitrogen and oxygen atoms in total. The molecule has 0 aromatic carbocycles. The number of aromatic nitrogens is 2. The van der Waals surface area contributed by atoms with Crippen molar-refractivity contribution >= 4 is 11.3 Å². The lowest BCUT2D eigenvalue weighted by atomic mass is 10.2. The van der Waals surface area contributed by atoms with Gasteiger partial charge in [-0.2, -0.15) is 5.10 Å². The summed E-state index contributed by atoms with van der Waals surface area (Å²) in [6.45, 7) is 7.27. The van der Waals surface area contributed by atoms with Gasteiger partial charge in [0, 0.05) is 35.8 Å².